The number of fused-ring (bicyclic) bond motifs is 5. The number of hydrogen-bond acceptors (Lipinski definition) is 5. The molecule has 6 nitrogen and oxygen atoms in total. The number of carbonyl (C=O) groups is 1. The quantitative estimate of drug-likeness (QED) is 0.280. The van der Waals surface area contributed by atoms with Crippen molar-refractivity contribution >= 4 is 26.4 Å². The zero-order valence-corrected chi connectivity index (χ0v) is 20.1. The minimum absolute atomic E-state index is 0.113. The Kier molecular flexibility index (Phi) is 5.33. The number of aliphatic hydroxyl groups is 1. The van der Waals surface area contributed by atoms with E-state index in [0.29, 0.717) is 23.4 Å². The third kappa shape index (κ3) is 3.38. The van der Waals surface area contributed by atoms with Gasteiger partial charge in [0.15, 0.2) is 5.60 Å². The highest BCUT2D eigenvalue weighted by Crippen LogP contribution is 2.40. The lowest BCUT2D eigenvalue weighted by molar-refractivity contribution is -0.172. The van der Waals surface area contributed by atoms with Crippen molar-refractivity contribution in [2.45, 2.75) is 58.4 Å². The van der Waals surface area contributed by atoms with Gasteiger partial charge in [0.25, 0.3) is 5.56 Å². The molecule has 4 heterocycles. The van der Waals surface area contributed by atoms with E-state index in [1.54, 1.807) is 17.6 Å². The molecular weight excluding hydrogens is 432 g/mol. The van der Waals surface area contributed by atoms with Gasteiger partial charge in [0.05, 0.1) is 38.5 Å². The Labute approximate surface area is 194 Å². The van der Waals surface area contributed by atoms with Crippen molar-refractivity contribution in [1.29, 1.82) is 0 Å². The average Bonchev–Trinajstić information content (AvgIpc) is 3.17. The van der Waals surface area contributed by atoms with Crippen molar-refractivity contribution in [3.8, 4) is 11.4 Å². The summed E-state index contributed by atoms with van der Waals surface area (Å²) in [5.41, 5.74) is 6.88. The number of benzene rings is 1. The molecule has 1 N–H and O–H groups in total. The minimum atomic E-state index is -1.81. The molecule has 2 radical (unpaired) electrons. The minimum Gasteiger partial charge on any atom is -0.458 e. The van der Waals surface area contributed by atoms with E-state index >= 15 is 0 Å². The molecule has 2 aromatic heterocycles. The Hall–Kier alpha value is -3.03. The molecule has 7 heteroatoms. The maximum atomic E-state index is 13.5. The predicted molar refractivity (Wildman–Crippen MR) is 128 cm³/mol. The van der Waals surface area contributed by atoms with Gasteiger partial charge in [-0.3, -0.25) is 4.79 Å². The van der Waals surface area contributed by atoms with Crippen molar-refractivity contribution in [1.82, 2.24) is 9.55 Å². The van der Waals surface area contributed by atoms with E-state index in [1.807, 2.05) is 18.2 Å². The number of ether oxygens (including phenoxy) is 1. The highest BCUT2D eigenvalue weighted by atomic mass is 28.2. The van der Waals surface area contributed by atoms with E-state index in [0.717, 1.165) is 44.1 Å². The van der Waals surface area contributed by atoms with Gasteiger partial charge in [-0.2, -0.15) is 0 Å². The molecule has 33 heavy (non-hydrogen) atoms. The zero-order valence-electron chi connectivity index (χ0n) is 19.1. The van der Waals surface area contributed by atoms with Crippen LogP contribution in [-0.4, -0.2) is 30.1 Å². The number of pyridine rings is 2. The number of esters is 1. The van der Waals surface area contributed by atoms with Gasteiger partial charge >= 0.3 is 5.97 Å². The summed E-state index contributed by atoms with van der Waals surface area (Å²) < 4.78 is 6.89. The Morgan fingerprint density at radius 1 is 1.27 bits per heavy atom. The van der Waals surface area contributed by atoms with Crippen molar-refractivity contribution in [3.63, 3.8) is 0 Å². The number of cyclic esters (lactones) is 1. The van der Waals surface area contributed by atoms with Crippen LogP contribution in [-0.2, 0) is 34.7 Å². The van der Waals surface area contributed by atoms with Crippen molar-refractivity contribution in [3.05, 3.63) is 74.2 Å². The fraction of sp³-hybridized carbons (Fsp3) is 0.346. The topological polar surface area (TPSA) is 81.4 Å². The monoisotopic (exact) mass is 458 g/mol. The fourth-order valence-corrected chi connectivity index (χ4v) is 5.82. The average molecular weight is 459 g/mol. The first-order chi connectivity index (χ1) is 15.8. The maximum absolute atomic E-state index is 13.5. The number of aromatic nitrogens is 2. The smallest absolute Gasteiger partial charge is 0.343 e. The lowest BCUT2D eigenvalue weighted by Crippen LogP contribution is -2.44. The first-order valence-corrected chi connectivity index (χ1v) is 12.6. The van der Waals surface area contributed by atoms with E-state index in [4.69, 9.17) is 9.72 Å². The number of hydrogen-bond donors (Lipinski definition) is 1. The molecule has 0 bridgehead atoms. The molecule has 0 aliphatic carbocycles. The maximum Gasteiger partial charge on any atom is 0.343 e. The van der Waals surface area contributed by atoms with Crippen molar-refractivity contribution < 1.29 is 14.6 Å². The Morgan fingerprint density at radius 2 is 2.06 bits per heavy atom. The second-order valence-electron chi connectivity index (χ2n) is 8.96. The second-order valence-corrected chi connectivity index (χ2v) is 10.2. The van der Waals surface area contributed by atoms with Gasteiger partial charge in [0.2, 0.25) is 0 Å². The first-order valence-electron chi connectivity index (χ1n) is 11.3. The molecule has 168 valence electrons. The van der Waals surface area contributed by atoms with Crippen LogP contribution in [0.25, 0.3) is 22.3 Å². The fourth-order valence-electron chi connectivity index (χ4n) is 4.87. The van der Waals surface area contributed by atoms with Gasteiger partial charge in [-0.05, 0) is 44.4 Å². The molecule has 1 atom stereocenters. The van der Waals surface area contributed by atoms with Gasteiger partial charge in [-0.25, -0.2) is 9.78 Å². The largest absolute Gasteiger partial charge is 0.458 e. The molecule has 0 saturated heterocycles. The summed E-state index contributed by atoms with van der Waals surface area (Å²) in [4.78, 5) is 30.8. The molecule has 1 aromatic carbocycles. The summed E-state index contributed by atoms with van der Waals surface area (Å²) in [6.45, 7) is 6.27. The van der Waals surface area contributed by atoms with Gasteiger partial charge in [-0.15, -0.1) is 5.70 Å². The van der Waals surface area contributed by atoms with E-state index in [9.17, 15) is 14.7 Å². The normalized spacial score (nSPS) is 18.5. The third-order valence-electron chi connectivity index (χ3n) is 6.62. The van der Waals surface area contributed by atoms with Crippen LogP contribution < -0.4 is 5.56 Å². The van der Waals surface area contributed by atoms with E-state index < -0.39 is 11.6 Å². The predicted octanol–water partition coefficient (Wildman–Crippen LogP) is 3.67. The lowest BCUT2D eigenvalue weighted by atomic mass is 9.86. The van der Waals surface area contributed by atoms with Crippen LogP contribution in [0, 0.1) is 0 Å². The molecule has 0 amide bonds. The summed E-state index contributed by atoms with van der Waals surface area (Å²) >= 11 is 0. The molecule has 0 fully saturated rings. The van der Waals surface area contributed by atoms with E-state index in [2.05, 4.69) is 25.6 Å². The summed E-state index contributed by atoms with van der Waals surface area (Å²) in [6.07, 6.45) is 1.03. The highest BCUT2D eigenvalue weighted by molar-refractivity contribution is 6.42. The van der Waals surface area contributed by atoms with Crippen LogP contribution in [0.2, 0.25) is 6.04 Å². The number of aryl methyl sites for hydroxylation is 1. The Balaban J connectivity index is 1.69. The second kappa shape index (κ2) is 8.08. The van der Waals surface area contributed by atoms with Gasteiger partial charge in [-0.1, -0.05) is 36.7 Å². The van der Waals surface area contributed by atoms with Crippen LogP contribution in [0.3, 0.4) is 0 Å². The summed E-state index contributed by atoms with van der Waals surface area (Å²) in [7, 11) is 0.736. The molecule has 0 spiro atoms. The van der Waals surface area contributed by atoms with Crippen LogP contribution >= 0.6 is 0 Å². The van der Waals surface area contributed by atoms with Crippen LogP contribution in [0.1, 0.15) is 49.4 Å². The van der Waals surface area contributed by atoms with Crippen LogP contribution in [0.15, 0.2) is 46.4 Å². The van der Waals surface area contributed by atoms with E-state index in [-0.39, 0.29) is 18.6 Å². The summed E-state index contributed by atoms with van der Waals surface area (Å²) in [5, 5.41) is 12.2. The van der Waals surface area contributed by atoms with Gasteiger partial charge < -0.3 is 14.4 Å². The number of para-hydroxylation sites is 1. The zero-order chi connectivity index (χ0) is 23.3. The number of rotatable bonds is 5. The Bertz CT molecular complexity index is 1390. The Morgan fingerprint density at radius 3 is 2.82 bits per heavy atom. The van der Waals surface area contributed by atoms with E-state index in [1.165, 1.54) is 11.1 Å². The van der Waals surface area contributed by atoms with Gasteiger partial charge in [0.1, 0.15) is 6.61 Å². The number of carbonyl (C=O) groups excluding carboxylic acids is 1. The van der Waals surface area contributed by atoms with Crippen molar-refractivity contribution in [2.24, 2.45) is 0 Å². The number of allylic oxidation sites excluding steroid dienone is 1. The molecule has 2 aliphatic rings. The van der Waals surface area contributed by atoms with Crippen molar-refractivity contribution in [2.75, 3.05) is 0 Å². The molecular formula is C26H26N2O4Si. The molecule has 2 aliphatic heterocycles. The standard InChI is InChI=1S/C26H26N2O4Si/c1-4-26(31)20-11-22-23-18(12-28(22)24(29)19(20)13-32-25(26)30)16(9-10-33-14-15(2)3)17-7-5-6-8-21(17)27-23/h5-8,11,14,31H,4,9-10,12-13H2,1-3H3/t26-/m0/s1. The number of nitrogens with zero attached hydrogens (tertiary/aromatic N) is 2. The van der Waals surface area contributed by atoms with Crippen LogP contribution in [0.4, 0.5) is 0 Å². The lowest BCUT2D eigenvalue weighted by Gasteiger charge is -2.31. The summed E-state index contributed by atoms with van der Waals surface area (Å²) in [5.74, 6) is -0.701. The molecule has 5 rings (SSSR count). The van der Waals surface area contributed by atoms with Gasteiger partial charge in [0, 0.05) is 16.5 Å². The first kappa shape index (κ1) is 21.8. The molecule has 0 saturated carbocycles. The molecule has 0 unspecified atom stereocenters. The van der Waals surface area contributed by atoms with Crippen LogP contribution in [0.5, 0.6) is 0 Å². The highest BCUT2D eigenvalue weighted by Gasteiger charge is 2.45. The SMILES string of the molecule is CC[C@@]1(O)C(=O)OCc2c1cc1n(c2=O)Cc2c-1nc1ccccc1c2CC[Si]C=C(C)C. The summed E-state index contributed by atoms with van der Waals surface area (Å²) in [6, 6.07) is 10.9. The molecule has 3 aromatic rings. The third-order valence-corrected chi connectivity index (χ3v) is 7.94.